The van der Waals surface area contributed by atoms with Crippen LogP contribution in [0.1, 0.15) is 40.5 Å². The number of hydrogen-bond acceptors (Lipinski definition) is 3. The fourth-order valence-corrected chi connectivity index (χ4v) is 4.38. The lowest BCUT2D eigenvalue weighted by atomic mass is 9.95. The predicted molar refractivity (Wildman–Crippen MR) is 78.1 cm³/mol. The van der Waals surface area contributed by atoms with Gasteiger partial charge in [-0.05, 0) is 36.9 Å². The fraction of sp³-hybridized carbons (Fsp3) is 0.867. The summed E-state index contributed by atoms with van der Waals surface area (Å²) >= 11 is 0. The van der Waals surface area contributed by atoms with E-state index in [1.165, 1.54) is 6.92 Å². The molecule has 4 heteroatoms. The van der Waals surface area contributed by atoms with E-state index in [-0.39, 0.29) is 23.2 Å². The minimum Gasteiger partial charge on any atom is -0.462 e. The number of hydrogen-bond donors (Lipinski definition) is 0. The summed E-state index contributed by atoms with van der Waals surface area (Å²) in [7, 11) is -1.73. The Morgan fingerprint density at radius 3 is 2.37 bits per heavy atom. The summed E-state index contributed by atoms with van der Waals surface area (Å²) in [6, 6.07) is 0. The summed E-state index contributed by atoms with van der Waals surface area (Å²) in [6.45, 7) is 12.9. The van der Waals surface area contributed by atoms with Crippen LogP contribution in [0.25, 0.3) is 0 Å². The summed E-state index contributed by atoms with van der Waals surface area (Å²) in [5.74, 6) is 0.770. The Labute approximate surface area is 118 Å². The van der Waals surface area contributed by atoms with Crippen molar-refractivity contribution in [2.75, 3.05) is 0 Å². The smallest absolute Gasteiger partial charge is 0.302 e. The van der Waals surface area contributed by atoms with Gasteiger partial charge >= 0.3 is 5.97 Å². The Morgan fingerprint density at radius 2 is 1.89 bits per heavy atom. The molecule has 2 bridgehead atoms. The van der Waals surface area contributed by atoms with Crippen molar-refractivity contribution in [2.24, 2.45) is 11.8 Å². The molecule has 3 nitrogen and oxygen atoms in total. The van der Waals surface area contributed by atoms with Crippen molar-refractivity contribution >= 4 is 14.3 Å². The van der Waals surface area contributed by atoms with Gasteiger partial charge in [-0.15, -0.1) is 0 Å². The van der Waals surface area contributed by atoms with E-state index in [1.54, 1.807) is 0 Å². The highest BCUT2D eigenvalue weighted by Crippen LogP contribution is 2.49. The van der Waals surface area contributed by atoms with Crippen molar-refractivity contribution < 1.29 is 14.0 Å². The molecule has 0 N–H and O–H groups in total. The lowest BCUT2D eigenvalue weighted by molar-refractivity contribution is -0.148. The highest BCUT2D eigenvalue weighted by molar-refractivity contribution is 6.74. The highest BCUT2D eigenvalue weighted by Gasteiger charge is 2.51. The number of ether oxygens (including phenoxy) is 1. The Balaban J connectivity index is 2.01. The molecule has 2 fully saturated rings. The van der Waals surface area contributed by atoms with Crippen LogP contribution >= 0.6 is 0 Å². The van der Waals surface area contributed by atoms with Crippen LogP contribution in [0.5, 0.6) is 0 Å². The highest BCUT2D eigenvalue weighted by atomic mass is 28.4. The lowest BCUT2D eigenvalue weighted by Crippen LogP contribution is -2.47. The third-order valence-electron chi connectivity index (χ3n) is 5.03. The maximum absolute atomic E-state index is 11.2. The van der Waals surface area contributed by atoms with Crippen molar-refractivity contribution in [3.63, 3.8) is 0 Å². The Hall–Kier alpha value is -0.353. The Kier molecular flexibility index (Phi) is 3.87. The quantitative estimate of drug-likeness (QED) is 0.587. The van der Waals surface area contributed by atoms with Gasteiger partial charge in [0.25, 0.3) is 0 Å². The van der Waals surface area contributed by atoms with Crippen LogP contribution in [0.2, 0.25) is 18.1 Å². The average Bonchev–Trinajstić information content (AvgIpc) is 2.72. The molecule has 0 spiro atoms. The zero-order valence-corrected chi connectivity index (χ0v) is 14.0. The number of rotatable bonds is 3. The molecule has 0 heterocycles. The molecule has 0 aromatic rings. The molecule has 0 amide bonds. The Morgan fingerprint density at radius 1 is 1.26 bits per heavy atom. The molecule has 19 heavy (non-hydrogen) atoms. The van der Waals surface area contributed by atoms with Gasteiger partial charge in [0.05, 0.1) is 6.10 Å². The molecule has 109 valence electrons. The summed E-state index contributed by atoms with van der Waals surface area (Å²) in [6.07, 6.45) is 4.69. The van der Waals surface area contributed by atoms with Gasteiger partial charge in [0.15, 0.2) is 8.32 Å². The first-order valence-corrected chi connectivity index (χ1v) is 10.2. The van der Waals surface area contributed by atoms with Crippen molar-refractivity contribution in [3.8, 4) is 0 Å². The first-order valence-electron chi connectivity index (χ1n) is 7.30. The largest absolute Gasteiger partial charge is 0.462 e. The predicted octanol–water partition coefficient (Wildman–Crippen LogP) is 3.55. The molecule has 4 atom stereocenters. The second kappa shape index (κ2) is 4.88. The van der Waals surface area contributed by atoms with Gasteiger partial charge in [-0.3, -0.25) is 4.79 Å². The van der Waals surface area contributed by atoms with Crippen LogP contribution in [0.4, 0.5) is 0 Å². The van der Waals surface area contributed by atoms with Crippen molar-refractivity contribution in [1.82, 2.24) is 0 Å². The standard InChI is InChI=1S/C15H27O3Si/c1-10(16)17-13-8-11-7-12(13)14(9-11)18-19(5,6)15(2,3)4/h8,11-14H,7,9H2,1-6H3/t11-,12+,13+,14-/m1/s1. The second-order valence-electron chi connectivity index (χ2n) is 7.58. The van der Waals surface area contributed by atoms with E-state index in [0.717, 1.165) is 12.8 Å². The average molecular weight is 283 g/mol. The van der Waals surface area contributed by atoms with Crippen LogP contribution < -0.4 is 0 Å². The molecule has 2 aliphatic carbocycles. The molecular weight excluding hydrogens is 256 g/mol. The topological polar surface area (TPSA) is 35.5 Å². The third-order valence-corrected chi connectivity index (χ3v) is 9.53. The molecule has 0 aromatic carbocycles. The maximum Gasteiger partial charge on any atom is 0.302 e. The van der Waals surface area contributed by atoms with Crippen molar-refractivity contribution in [2.45, 2.75) is 70.9 Å². The number of carbonyl (C=O) groups is 1. The van der Waals surface area contributed by atoms with Gasteiger partial charge < -0.3 is 9.16 Å². The van der Waals surface area contributed by atoms with E-state index in [4.69, 9.17) is 9.16 Å². The summed E-state index contributed by atoms with van der Waals surface area (Å²) in [4.78, 5) is 11.2. The molecule has 1 radical (unpaired) electrons. The molecule has 0 aliphatic heterocycles. The molecule has 2 saturated carbocycles. The fourth-order valence-electron chi connectivity index (χ4n) is 2.99. The summed E-state index contributed by atoms with van der Waals surface area (Å²) in [5, 5.41) is 0.232. The van der Waals surface area contributed by atoms with E-state index >= 15 is 0 Å². The van der Waals surface area contributed by atoms with Crippen LogP contribution in [-0.4, -0.2) is 26.5 Å². The molecule has 2 aliphatic rings. The van der Waals surface area contributed by atoms with Crippen LogP contribution in [0.3, 0.4) is 0 Å². The van der Waals surface area contributed by atoms with Crippen LogP contribution in [0.15, 0.2) is 0 Å². The number of fused-ring (bicyclic) bond motifs is 2. The zero-order chi connectivity index (χ0) is 14.4. The maximum atomic E-state index is 11.2. The van der Waals surface area contributed by atoms with Gasteiger partial charge in [0.1, 0.15) is 6.10 Å². The first-order chi connectivity index (χ1) is 8.60. The SMILES string of the molecule is CC(=O)O[C@H]1[CH][C@H]2C[C@@H]1[C@H](O[Si](C)(C)C(C)(C)C)C2. The number of carbonyl (C=O) groups excluding carboxylic acids is 1. The summed E-state index contributed by atoms with van der Waals surface area (Å²) < 4.78 is 12.0. The van der Waals surface area contributed by atoms with Crippen molar-refractivity contribution in [1.29, 1.82) is 0 Å². The third kappa shape index (κ3) is 3.05. The van der Waals surface area contributed by atoms with E-state index in [9.17, 15) is 4.79 Å². The van der Waals surface area contributed by atoms with Crippen molar-refractivity contribution in [3.05, 3.63) is 6.42 Å². The minimum atomic E-state index is -1.73. The molecule has 0 unspecified atom stereocenters. The van der Waals surface area contributed by atoms with Gasteiger partial charge in [-0.2, -0.15) is 0 Å². The molecule has 2 rings (SSSR count). The van der Waals surface area contributed by atoms with Crippen LogP contribution in [0, 0.1) is 18.3 Å². The number of esters is 1. The first kappa shape index (κ1) is 15.0. The second-order valence-corrected chi connectivity index (χ2v) is 12.3. The van der Waals surface area contributed by atoms with E-state index in [0.29, 0.717) is 11.8 Å². The van der Waals surface area contributed by atoms with E-state index in [2.05, 4.69) is 40.3 Å². The van der Waals surface area contributed by atoms with Gasteiger partial charge in [0, 0.05) is 19.3 Å². The molecule has 0 saturated heterocycles. The minimum absolute atomic E-state index is 0.0222. The van der Waals surface area contributed by atoms with E-state index in [1.807, 2.05) is 0 Å². The van der Waals surface area contributed by atoms with Crippen LogP contribution in [-0.2, 0) is 14.0 Å². The summed E-state index contributed by atoms with van der Waals surface area (Å²) in [5.41, 5.74) is 0. The van der Waals surface area contributed by atoms with E-state index < -0.39 is 8.32 Å². The van der Waals surface area contributed by atoms with Gasteiger partial charge in [-0.1, -0.05) is 20.8 Å². The Bertz CT molecular complexity index is 359. The molecular formula is C15H27O3Si. The lowest BCUT2D eigenvalue weighted by Gasteiger charge is -2.41. The normalized spacial score (nSPS) is 34.6. The van der Waals surface area contributed by atoms with Gasteiger partial charge in [-0.25, -0.2) is 0 Å². The van der Waals surface area contributed by atoms with Gasteiger partial charge in [0.2, 0.25) is 0 Å². The zero-order valence-electron chi connectivity index (χ0n) is 13.0. The molecule has 0 aromatic heterocycles. The monoisotopic (exact) mass is 283 g/mol.